The van der Waals surface area contributed by atoms with Crippen LogP contribution < -0.4 is 0 Å². The molecule has 5 heteroatoms. The highest BCUT2D eigenvalue weighted by Gasteiger charge is 2.26. The summed E-state index contributed by atoms with van der Waals surface area (Å²) in [5, 5.41) is 8.61. The second kappa shape index (κ2) is 8.37. The summed E-state index contributed by atoms with van der Waals surface area (Å²) >= 11 is 0. The van der Waals surface area contributed by atoms with Gasteiger partial charge in [0.2, 0.25) is 5.91 Å². The molecule has 120 valence electrons. The maximum Gasteiger partial charge on any atom is 0.303 e. The number of rotatable bonds is 5. The summed E-state index contributed by atoms with van der Waals surface area (Å²) < 4.78 is 0. The number of hydrogen-bond donors (Lipinski definition) is 1. The van der Waals surface area contributed by atoms with Gasteiger partial charge in [-0.3, -0.25) is 14.5 Å². The Morgan fingerprint density at radius 2 is 1.52 bits per heavy atom. The molecule has 0 unspecified atom stereocenters. The van der Waals surface area contributed by atoms with E-state index in [0.29, 0.717) is 12.8 Å². The standard InChI is InChI=1S/C16H28N2O3/c19-15(8-5-9-16(20)21)18-12-10-17(11-13-18)14-6-3-1-2-4-7-14/h14H,1-13H2,(H,20,21). The lowest BCUT2D eigenvalue weighted by molar-refractivity contribution is -0.137. The lowest BCUT2D eigenvalue weighted by Crippen LogP contribution is -2.51. The van der Waals surface area contributed by atoms with Gasteiger partial charge in [-0.2, -0.15) is 0 Å². The fourth-order valence-corrected chi connectivity index (χ4v) is 3.51. The van der Waals surface area contributed by atoms with Crippen LogP contribution in [0.3, 0.4) is 0 Å². The summed E-state index contributed by atoms with van der Waals surface area (Å²) in [6.07, 6.45) is 8.98. The molecule has 1 aliphatic carbocycles. The minimum absolute atomic E-state index is 0.0911. The van der Waals surface area contributed by atoms with E-state index < -0.39 is 5.97 Å². The number of piperazine rings is 1. The number of hydrogen-bond acceptors (Lipinski definition) is 3. The van der Waals surface area contributed by atoms with Gasteiger partial charge in [0.25, 0.3) is 0 Å². The van der Waals surface area contributed by atoms with Gasteiger partial charge in [-0.15, -0.1) is 0 Å². The maximum atomic E-state index is 12.0. The van der Waals surface area contributed by atoms with E-state index in [1.807, 2.05) is 4.90 Å². The third-order valence-electron chi connectivity index (χ3n) is 4.79. The fourth-order valence-electron chi connectivity index (χ4n) is 3.51. The predicted octanol–water partition coefficient (Wildman–Crippen LogP) is 2.11. The van der Waals surface area contributed by atoms with Gasteiger partial charge in [-0.25, -0.2) is 0 Å². The van der Waals surface area contributed by atoms with Gasteiger partial charge in [0.1, 0.15) is 0 Å². The Morgan fingerprint density at radius 3 is 2.10 bits per heavy atom. The van der Waals surface area contributed by atoms with Crippen LogP contribution in [-0.4, -0.2) is 59.0 Å². The minimum Gasteiger partial charge on any atom is -0.481 e. The molecule has 0 aromatic rings. The topological polar surface area (TPSA) is 60.9 Å². The lowest BCUT2D eigenvalue weighted by Gasteiger charge is -2.39. The van der Waals surface area contributed by atoms with E-state index in [2.05, 4.69) is 4.90 Å². The van der Waals surface area contributed by atoms with Crippen LogP contribution in [0.25, 0.3) is 0 Å². The number of carboxylic acids is 1. The first-order valence-corrected chi connectivity index (χ1v) is 8.40. The molecular formula is C16H28N2O3. The monoisotopic (exact) mass is 296 g/mol. The van der Waals surface area contributed by atoms with Crippen molar-refractivity contribution in [3.05, 3.63) is 0 Å². The first kappa shape index (κ1) is 16.3. The molecule has 1 amide bonds. The van der Waals surface area contributed by atoms with E-state index in [9.17, 15) is 9.59 Å². The molecule has 1 aliphatic heterocycles. The van der Waals surface area contributed by atoms with Crippen LogP contribution >= 0.6 is 0 Å². The first-order chi connectivity index (χ1) is 10.2. The molecule has 5 nitrogen and oxygen atoms in total. The number of amides is 1. The van der Waals surface area contributed by atoms with Crippen molar-refractivity contribution in [2.45, 2.75) is 63.8 Å². The molecule has 1 N–H and O–H groups in total. The average Bonchev–Trinajstić information content (AvgIpc) is 2.76. The Balaban J connectivity index is 1.69. The highest BCUT2D eigenvalue weighted by Crippen LogP contribution is 2.23. The second-order valence-electron chi connectivity index (χ2n) is 6.31. The SMILES string of the molecule is O=C(O)CCCC(=O)N1CCN(C2CCCCCC2)CC1. The minimum atomic E-state index is -0.819. The molecule has 0 aromatic heterocycles. The van der Waals surface area contributed by atoms with Gasteiger partial charge in [0.15, 0.2) is 0 Å². The number of carbonyl (C=O) groups is 2. The van der Waals surface area contributed by atoms with Crippen LogP contribution in [0.15, 0.2) is 0 Å². The highest BCUT2D eigenvalue weighted by atomic mass is 16.4. The van der Waals surface area contributed by atoms with E-state index in [-0.39, 0.29) is 12.3 Å². The van der Waals surface area contributed by atoms with E-state index in [1.54, 1.807) is 0 Å². The Morgan fingerprint density at radius 1 is 0.905 bits per heavy atom. The zero-order chi connectivity index (χ0) is 15.1. The summed E-state index contributed by atoms with van der Waals surface area (Å²) in [6.45, 7) is 3.58. The van der Waals surface area contributed by atoms with Crippen molar-refractivity contribution in [1.29, 1.82) is 0 Å². The lowest BCUT2D eigenvalue weighted by atomic mass is 10.1. The van der Waals surface area contributed by atoms with Gasteiger partial charge < -0.3 is 10.0 Å². The van der Waals surface area contributed by atoms with Crippen molar-refractivity contribution in [3.8, 4) is 0 Å². The molecule has 21 heavy (non-hydrogen) atoms. The van der Waals surface area contributed by atoms with E-state index in [0.717, 1.165) is 32.2 Å². The van der Waals surface area contributed by atoms with E-state index in [1.165, 1.54) is 38.5 Å². The number of aliphatic carboxylic acids is 1. The van der Waals surface area contributed by atoms with Crippen LogP contribution in [0.5, 0.6) is 0 Å². The van der Waals surface area contributed by atoms with Crippen LogP contribution in [0.2, 0.25) is 0 Å². The van der Waals surface area contributed by atoms with Crippen molar-refractivity contribution < 1.29 is 14.7 Å². The number of carboxylic acid groups (broad SMARTS) is 1. The second-order valence-corrected chi connectivity index (χ2v) is 6.31. The van der Waals surface area contributed by atoms with Crippen LogP contribution in [0, 0.1) is 0 Å². The van der Waals surface area contributed by atoms with Crippen LogP contribution in [0.1, 0.15) is 57.8 Å². The first-order valence-electron chi connectivity index (χ1n) is 8.40. The molecule has 0 aromatic carbocycles. The zero-order valence-electron chi connectivity index (χ0n) is 12.9. The zero-order valence-corrected chi connectivity index (χ0v) is 12.9. The third kappa shape index (κ3) is 5.30. The molecule has 0 atom stereocenters. The number of nitrogens with zero attached hydrogens (tertiary/aromatic N) is 2. The van der Waals surface area contributed by atoms with Crippen molar-refractivity contribution in [1.82, 2.24) is 9.80 Å². The van der Waals surface area contributed by atoms with Gasteiger partial charge in [-0.05, 0) is 19.3 Å². The Kier molecular flexibility index (Phi) is 6.49. The molecule has 0 spiro atoms. The average molecular weight is 296 g/mol. The molecular weight excluding hydrogens is 268 g/mol. The summed E-state index contributed by atoms with van der Waals surface area (Å²) in [6, 6.07) is 0.719. The number of carbonyl (C=O) groups excluding carboxylic acids is 1. The summed E-state index contributed by atoms with van der Waals surface area (Å²) in [7, 11) is 0. The highest BCUT2D eigenvalue weighted by molar-refractivity contribution is 5.77. The maximum absolute atomic E-state index is 12.0. The van der Waals surface area contributed by atoms with Crippen molar-refractivity contribution in [2.24, 2.45) is 0 Å². The quantitative estimate of drug-likeness (QED) is 0.789. The normalized spacial score (nSPS) is 22.0. The third-order valence-corrected chi connectivity index (χ3v) is 4.79. The van der Waals surface area contributed by atoms with Crippen molar-refractivity contribution in [3.63, 3.8) is 0 Å². The van der Waals surface area contributed by atoms with E-state index >= 15 is 0 Å². The van der Waals surface area contributed by atoms with Gasteiger partial charge in [0, 0.05) is 45.1 Å². The molecule has 0 radical (unpaired) electrons. The Hall–Kier alpha value is -1.10. The van der Waals surface area contributed by atoms with Crippen LogP contribution in [-0.2, 0) is 9.59 Å². The molecule has 2 rings (SSSR count). The fraction of sp³-hybridized carbons (Fsp3) is 0.875. The van der Waals surface area contributed by atoms with E-state index in [4.69, 9.17) is 5.11 Å². The molecule has 2 fully saturated rings. The Labute approximate surface area is 127 Å². The molecule has 1 saturated heterocycles. The summed E-state index contributed by atoms with van der Waals surface area (Å²) in [5.41, 5.74) is 0. The smallest absolute Gasteiger partial charge is 0.303 e. The van der Waals surface area contributed by atoms with Crippen molar-refractivity contribution in [2.75, 3.05) is 26.2 Å². The molecule has 0 bridgehead atoms. The largest absolute Gasteiger partial charge is 0.481 e. The van der Waals surface area contributed by atoms with Gasteiger partial charge >= 0.3 is 5.97 Å². The van der Waals surface area contributed by atoms with Crippen molar-refractivity contribution >= 4 is 11.9 Å². The van der Waals surface area contributed by atoms with Gasteiger partial charge in [0.05, 0.1) is 0 Å². The van der Waals surface area contributed by atoms with Crippen LogP contribution in [0.4, 0.5) is 0 Å². The summed E-state index contributed by atoms with van der Waals surface area (Å²) in [4.78, 5) is 27.0. The molecule has 1 saturated carbocycles. The predicted molar refractivity (Wildman–Crippen MR) is 81.1 cm³/mol. The Bertz CT molecular complexity index is 343. The molecule has 2 aliphatic rings. The molecule has 1 heterocycles. The summed E-state index contributed by atoms with van der Waals surface area (Å²) in [5.74, 6) is -0.697. The van der Waals surface area contributed by atoms with Gasteiger partial charge in [-0.1, -0.05) is 25.7 Å².